The average Bonchev–Trinajstić information content (AvgIpc) is 2.18. The lowest BCUT2D eigenvalue weighted by molar-refractivity contribution is -0.133. The SMILES string of the molecule is CCCC1(C(=O)NC(C)C)CCNCC1. The molecule has 0 radical (unpaired) electrons. The predicted octanol–water partition coefficient (Wildman–Crippen LogP) is 1.68. The van der Waals surface area contributed by atoms with Gasteiger partial charge in [-0.3, -0.25) is 4.79 Å². The Kier molecular flexibility index (Phi) is 4.58. The minimum absolute atomic E-state index is 0.0930. The molecule has 1 rings (SSSR count). The van der Waals surface area contributed by atoms with Crippen LogP contribution in [0.1, 0.15) is 46.5 Å². The number of carbonyl (C=O) groups is 1. The van der Waals surface area contributed by atoms with Gasteiger partial charge in [0.15, 0.2) is 0 Å². The number of rotatable bonds is 4. The smallest absolute Gasteiger partial charge is 0.226 e. The zero-order valence-electron chi connectivity index (χ0n) is 10.2. The van der Waals surface area contributed by atoms with Gasteiger partial charge in [0.1, 0.15) is 0 Å². The normalized spacial score (nSPS) is 20.3. The second-order valence-electron chi connectivity index (χ2n) is 4.91. The highest BCUT2D eigenvalue weighted by Gasteiger charge is 2.38. The second-order valence-corrected chi connectivity index (χ2v) is 4.91. The molecule has 1 amide bonds. The first kappa shape index (κ1) is 12.5. The van der Waals surface area contributed by atoms with Gasteiger partial charge in [0.05, 0.1) is 5.41 Å². The van der Waals surface area contributed by atoms with Crippen LogP contribution in [0.3, 0.4) is 0 Å². The average molecular weight is 212 g/mol. The van der Waals surface area contributed by atoms with Crippen molar-refractivity contribution >= 4 is 5.91 Å². The lowest BCUT2D eigenvalue weighted by Crippen LogP contribution is -2.49. The van der Waals surface area contributed by atoms with E-state index in [0.717, 1.165) is 38.8 Å². The quantitative estimate of drug-likeness (QED) is 0.744. The molecule has 1 aliphatic rings. The molecular weight excluding hydrogens is 188 g/mol. The fourth-order valence-corrected chi connectivity index (χ4v) is 2.39. The molecule has 2 N–H and O–H groups in total. The van der Waals surface area contributed by atoms with Crippen molar-refractivity contribution < 1.29 is 4.79 Å². The van der Waals surface area contributed by atoms with Crippen LogP contribution in [0.25, 0.3) is 0 Å². The maximum atomic E-state index is 12.2. The zero-order valence-corrected chi connectivity index (χ0v) is 10.2. The molecule has 0 aromatic heterocycles. The summed E-state index contributed by atoms with van der Waals surface area (Å²) in [7, 11) is 0. The molecule has 1 aliphatic heterocycles. The molecule has 1 fully saturated rings. The van der Waals surface area contributed by atoms with Gasteiger partial charge in [0.25, 0.3) is 0 Å². The summed E-state index contributed by atoms with van der Waals surface area (Å²) in [6, 6.07) is 0.251. The van der Waals surface area contributed by atoms with E-state index in [0.29, 0.717) is 0 Å². The van der Waals surface area contributed by atoms with Crippen LogP contribution in [0.15, 0.2) is 0 Å². The Bertz CT molecular complexity index is 202. The second kappa shape index (κ2) is 5.50. The van der Waals surface area contributed by atoms with Crippen LogP contribution >= 0.6 is 0 Å². The first-order valence-electron chi connectivity index (χ1n) is 6.12. The fraction of sp³-hybridized carbons (Fsp3) is 0.917. The number of hydrogen-bond acceptors (Lipinski definition) is 2. The molecule has 0 aliphatic carbocycles. The molecule has 88 valence electrons. The van der Waals surface area contributed by atoms with E-state index in [9.17, 15) is 4.79 Å². The van der Waals surface area contributed by atoms with Crippen LogP contribution in [-0.4, -0.2) is 25.0 Å². The van der Waals surface area contributed by atoms with E-state index in [4.69, 9.17) is 0 Å². The monoisotopic (exact) mass is 212 g/mol. The third-order valence-corrected chi connectivity index (χ3v) is 3.19. The van der Waals surface area contributed by atoms with Crippen LogP contribution in [0.2, 0.25) is 0 Å². The first-order valence-corrected chi connectivity index (χ1v) is 6.12. The molecule has 15 heavy (non-hydrogen) atoms. The van der Waals surface area contributed by atoms with E-state index in [1.165, 1.54) is 0 Å². The molecule has 0 unspecified atom stereocenters. The highest BCUT2D eigenvalue weighted by Crippen LogP contribution is 2.34. The van der Waals surface area contributed by atoms with Crippen molar-refractivity contribution in [3.05, 3.63) is 0 Å². The van der Waals surface area contributed by atoms with Crippen molar-refractivity contribution in [1.29, 1.82) is 0 Å². The molecule has 0 spiro atoms. The summed E-state index contributed by atoms with van der Waals surface area (Å²) >= 11 is 0. The molecule has 0 bridgehead atoms. The Morgan fingerprint density at radius 1 is 1.40 bits per heavy atom. The zero-order chi connectivity index (χ0) is 11.3. The van der Waals surface area contributed by atoms with Gasteiger partial charge in [0.2, 0.25) is 5.91 Å². The molecule has 0 aromatic carbocycles. The number of carbonyl (C=O) groups excluding carboxylic acids is 1. The molecule has 0 saturated carbocycles. The van der Waals surface area contributed by atoms with Crippen LogP contribution in [0.5, 0.6) is 0 Å². The summed E-state index contributed by atoms with van der Waals surface area (Å²) in [5.41, 5.74) is -0.0930. The number of hydrogen-bond donors (Lipinski definition) is 2. The Hall–Kier alpha value is -0.570. The van der Waals surface area contributed by atoms with E-state index in [1.54, 1.807) is 0 Å². The summed E-state index contributed by atoms with van der Waals surface area (Å²) < 4.78 is 0. The van der Waals surface area contributed by atoms with Gasteiger partial charge >= 0.3 is 0 Å². The topological polar surface area (TPSA) is 41.1 Å². The first-order chi connectivity index (χ1) is 7.10. The third kappa shape index (κ3) is 3.20. The van der Waals surface area contributed by atoms with Gasteiger partial charge < -0.3 is 10.6 Å². The number of amides is 1. The van der Waals surface area contributed by atoms with Crippen molar-refractivity contribution in [2.24, 2.45) is 5.41 Å². The van der Waals surface area contributed by atoms with Gasteiger partial charge in [0, 0.05) is 6.04 Å². The van der Waals surface area contributed by atoms with E-state index in [2.05, 4.69) is 17.6 Å². The van der Waals surface area contributed by atoms with E-state index in [1.807, 2.05) is 13.8 Å². The van der Waals surface area contributed by atoms with Crippen LogP contribution in [-0.2, 0) is 4.79 Å². The van der Waals surface area contributed by atoms with Gasteiger partial charge in [-0.05, 0) is 46.2 Å². The van der Waals surface area contributed by atoms with Crippen molar-refractivity contribution in [3.63, 3.8) is 0 Å². The van der Waals surface area contributed by atoms with Gasteiger partial charge in [-0.2, -0.15) is 0 Å². The Balaban J connectivity index is 2.66. The summed E-state index contributed by atoms with van der Waals surface area (Å²) in [5.74, 6) is 0.265. The highest BCUT2D eigenvalue weighted by molar-refractivity contribution is 5.83. The molecule has 1 heterocycles. The largest absolute Gasteiger partial charge is 0.353 e. The number of piperidine rings is 1. The van der Waals surface area contributed by atoms with Crippen molar-refractivity contribution in [3.8, 4) is 0 Å². The molecule has 0 aromatic rings. The molecular formula is C12H24N2O. The van der Waals surface area contributed by atoms with Crippen LogP contribution in [0, 0.1) is 5.41 Å². The Morgan fingerprint density at radius 3 is 2.47 bits per heavy atom. The van der Waals surface area contributed by atoms with Crippen molar-refractivity contribution in [2.45, 2.75) is 52.5 Å². The van der Waals surface area contributed by atoms with Crippen molar-refractivity contribution in [2.75, 3.05) is 13.1 Å². The molecule has 3 nitrogen and oxygen atoms in total. The maximum Gasteiger partial charge on any atom is 0.226 e. The Morgan fingerprint density at radius 2 is 2.00 bits per heavy atom. The van der Waals surface area contributed by atoms with Gasteiger partial charge in [-0.15, -0.1) is 0 Å². The predicted molar refractivity (Wildman–Crippen MR) is 62.7 cm³/mol. The number of nitrogens with one attached hydrogen (secondary N) is 2. The minimum Gasteiger partial charge on any atom is -0.353 e. The summed E-state index contributed by atoms with van der Waals surface area (Å²) in [6.45, 7) is 8.17. The lowest BCUT2D eigenvalue weighted by Gasteiger charge is -2.36. The van der Waals surface area contributed by atoms with Crippen LogP contribution < -0.4 is 10.6 Å². The van der Waals surface area contributed by atoms with E-state index < -0.39 is 0 Å². The van der Waals surface area contributed by atoms with Gasteiger partial charge in [-0.1, -0.05) is 13.3 Å². The van der Waals surface area contributed by atoms with Gasteiger partial charge in [-0.25, -0.2) is 0 Å². The summed E-state index contributed by atoms with van der Waals surface area (Å²) in [5, 5.41) is 6.40. The molecule has 1 saturated heterocycles. The van der Waals surface area contributed by atoms with E-state index in [-0.39, 0.29) is 17.4 Å². The van der Waals surface area contributed by atoms with Crippen molar-refractivity contribution in [1.82, 2.24) is 10.6 Å². The lowest BCUT2D eigenvalue weighted by atomic mass is 9.74. The minimum atomic E-state index is -0.0930. The fourth-order valence-electron chi connectivity index (χ4n) is 2.39. The standard InChI is InChI=1S/C12H24N2O/c1-4-5-12(6-8-13-9-7-12)11(15)14-10(2)3/h10,13H,4-9H2,1-3H3,(H,14,15). The maximum absolute atomic E-state index is 12.2. The third-order valence-electron chi connectivity index (χ3n) is 3.19. The highest BCUT2D eigenvalue weighted by atomic mass is 16.2. The summed E-state index contributed by atoms with van der Waals surface area (Å²) in [6.07, 6.45) is 4.08. The molecule has 3 heteroatoms. The Labute approximate surface area is 93.0 Å². The van der Waals surface area contributed by atoms with Crippen LogP contribution in [0.4, 0.5) is 0 Å². The summed E-state index contributed by atoms with van der Waals surface area (Å²) in [4.78, 5) is 12.2. The molecule has 0 atom stereocenters. The van der Waals surface area contributed by atoms with E-state index >= 15 is 0 Å².